The summed E-state index contributed by atoms with van der Waals surface area (Å²) in [5.41, 5.74) is 12.6. The third kappa shape index (κ3) is 4.42. The van der Waals surface area contributed by atoms with Crippen LogP contribution in [0.25, 0.3) is 71.8 Å². The maximum atomic E-state index is 7.65. The van der Waals surface area contributed by atoms with Gasteiger partial charge in [0.1, 0.15) is 0 Å². The van der Waals surface area contributed by atoms with E-state index in [1.165, 1.54) is 16.7 Å². The van der Waals surface area contributed by atoms with Gasteiger partial charge in [0.2, 0.25) is 0 Å². The molecule has 45 heavy (non-hydrogen) atoms. The summed E-state index contributed by atoms with van der Waals surface area (Å²) in [6, 6.07) is 48.5. The first-order chi connectivity index (χ1) is 22.0. The van der Waals surface area contributed by atoms with Gasteiger partial charge in [0, 0.05) is 22.1 Å². The van der Waals surface area contributed by atoms with Gasteiger partial charge in [-0.1, -0.05) is 135 Å². The lowest BCUT2D eigenvalue weighted by Gasteiger charge is -2.21. The summed E-state index contributed by atoms with van der Waals surface area (Å²) in [6.45, 7) is 12.2. The zero-order valence-corrected chi connectivity index (χ0v) is 25.1. The molecular weight excluding hydrogens is 546 g/mol. The molecule has 8 rings (SSSR count). The van der Waals surface area contributed by atoms with Crippen molar-refractivity contribution in [3.63, 3.8) is 0 Å². The smallest absolute Gasteiger partial charge is 0.187 e. The molecule has 212 valence electrons. The molecule has 0 amide bonds. The first-order valence-corrected chi connectivity index (χ1v) is 15.2. The van der Waals surface area contributed by atoms with Crippen LogP contribution in [0, 0.1) is 6.57 Å². The van der Waals surface area contributed by atoms with Gasteiger partial charge < -0.3 is 0 Å². The van der Waals surface area contributed by atoms with Crippen molar-refractivity contribution in [1.29, 1.82) is 0 Å². The monoisotopic (exact) mass is 575 g/mol. The van der Waals surface area contributed by atoms with Crippen molar-refractivity contribution in [2.75, 3.05) is 0 Å². The summed E-state index contributed by atoms with van der Waals surface area (Å²) in [4.78, 5) is 14.0. The largest absolute Gasteiger partial charge is 0.238 e. The molecule has 0 bridgehead atoms. The number of hydrogen-bond acceptors (Lipinski definition) is 2. The molecule has 6 aromatic carbocycles. The number of nitrogens with zero attached hydrogens (tertiary/aromatic N) is 3. The number of fused-ring (bicyclic) bond motifs is 4. The quantitative estimate of drug-likeness (QED) is 0.195. The molecule has 0 spiro atoms. The standard InChI is InChI=1S/C42H29N3/c1-42(2)36-23-22-31(43-3)25-35(36)40-33(19-11-21-37(40)42)29-16-9-17-30(24-29)39-26-38(28-13-5-4-6-14-28)44-41(45-39)34-20-10-15-27-12-7-8-18-32(27)34/h4-26H,1-2H3. The Morgan fingerprint density at radius 2 is 1.20 bits per heavy atom. The molecule has 1 aliphatic carbocycles. The normalized spacial score (nSPS) is 12.8. The van der Waals surface area contributed by atoms with Crippen molar-refractivity contribution in [2.24, 2.45) is 0 Å². The highest BCUT2D eigenvalue weighted by Crippen LogP contribution is 2.53. The van der Waals surface area contributed by atoms with Crippen LogP contribution in [0.4, 0.5) is 5.69 Å². The Morgan fingerprint density at radius 1 is 0.533 bits per heavy atom. The van der Waals surface area contributed by atoms with Gasteiger partial charge in [0.25, 0.3) is 0 Å². The van der Waals surface area contributed by atoms with Crippen molar-refractivity contribution in [2.45, 2.75) is 19.3 Å². The van der Waals surface area contributed by atoms with E-state index in [0.717, 1.165) is 55.5 Å². The molecule has 1 aliphatic rings. The third-order valence-electron chi connectivity index (χ3n) is 9.11. The molecule has 0 aliphatic heterocycles. The summed E-state index contributed by atoms with van der Waals surface area (Å²) in [6.07, 6.45) is 0. The number of rotatable bonds is 4. The second-order valence-electron chi connectivity index (χ2n) is 12.1. The highest BCUT2D eigenvalue weighted by molar-refractivity contribution is 5.96. The fourth-order valence-electron chi connectivity index (χ4n) is 6.84. The van der Waals surface area contributed by atoms with E-state index >= 15 is 0 Å². The third-order valence-corrected chi connectivity index (χ3v) is 9.11. The maximum Gasteiger partial charge on any atom is 0.187 e. The van der Waals surface area contributed by atoms with Crippen molar-refractivity contribution < 1.29 is 0 Å². The van der Waals surface area contributed by atoms with Crippen LogP contribution >= 0.6 is 0 Å². The van der Waals surface area contributed by atoms with Gasteiger partial charge in [-0.05, 0) is 62.4 Å². The molecule has 0 atom stereocenters. The van der Waals surface area contributed by atoms with Gasteiger partial charge in [-0.15, -0.1) is 0 Å². The topological polar surface area (TPSA) is 30.1 Å². The van der Waals surface area contributed by atoms with E-state index in [0.29, 0.717) is 11.5 Å². The van der Waals surface area contributed by atoms with E-state index in [1.807, 2.05) is 24.3 Å². The minimum atomic E-state index is -0.149. The Labute approximate surface area is 263 Å². The Balaban J connectivity index is 1.32. The van der Waals surface area contributed by atoms with Crippen molar-refractivity contribution >= 4 is 16.5 Å². The molecule has 1 aromatic heterocycles. The average molecular weight is 576 g/mol. The van der Waals surface area contributed by atoms with Gasteiger partial charge in [-0.3, -0.25) is 0 Å². The highest BCUT2D eigenvalue weighted by Gasteiger charge is 2.36. The van der Waals surface area contributed by atoms with Crippen molar-refractivity contribution in [3.8, 4) is 56.2 Å². The summed E-state index contributed by atoms with van der Waals surface area (Å²) < 4.78 is 0. The summed E-state index contributed by atoms with van der Waals surface area (Å²) in [7, 11) is 0. The molecule has 7 aromatic rings. The van der Waals surface area contributed by atoms with E-state index in [-0.39, 0.29) is 5.41 Å². The van der Waals surface area contributed by atoms with E-state index in [2.05, 4.69) is 134 Å². The molecule has 1 heterocycles. The highest BCUT2D eigenvalue weighted by atomic mass is 14.9. The average Bonchev–Trinajstić information content (AvgIpc) is 3.33. The molecule has 0 fully saturated rings. The second kappa shape index (κ2) is 10.4. The van der Waals surface area contributed by atoms with Crippen LogP contribution in [0.5, 0.6) is 0 Å². The predicted octanol–water partition coefficient (Wildman–Crippen LogP) is 11.2. The Morgan fingerprint density at radius 3 is 2.04 bits per heavy atom. The zero-order chi connectivity index (χ0) is 30.5. The molecule has 0 saturated heterocycles. The SMILES string of the molecule is [C-]#[N+]c1ccc2c(c1)-c1c(-c3cccc(-c4cc(-c5ccccc5)nc(-c5cccc6ccccc56)n4)c3)cccc1C2(C)C. The second-order valence-corrected chi connectivity index (χ2v) is 12.1. The van der Waals surface area contributed by atoms with Crippen LogP contribution < -0.4 is 0 Å². The zero-order valence-electron chi connectivity index (χ0n) is 25.1. The molecule has 0 unspecified atom stereocenters. The molecule has 0 saturated carbocycles. The lowest BCUT2D eigenvalue weighted by Crippen LogP contribution is -2.14. The van der Waals surface area contributed by atoms with Gasteiger partial charge in [0.05, 0.1) is 18.0 Å². The summed E-state index contributed by atoms with van der Waals surface area (Å²) in [5, 5.41) is 2.29. The predicted molar refractivity (Wildman–Crippen MR) is 185 cm³/mol. The van der Waals surface area contributed by atoms with Crippen molar-refractivity contribution in [1.82, 2.24) is 9.97 Å². The molecule has 3 nitrogen and oxygen atoms in total. The van der Waals surface area contributed by atoms with Crippen LogP contribution in [0.1, 0.15) is 25.0 Å². The minimum absolute atomic E-state index is 0.149. The van der Waals surface area contributed by atoms with E-state index < -0.39 is 0 Å². The minimum Gasteiger partial charge on any atom is -0.238 e. The van der Waals surface area contributed by atoms with Gasteiger partial charge in [-0.2, -0.15) is 0 Å². The van der Waals surface area contributed by atoms with Crippen LogP contribution in [0.15, 0.2) is 140 Å². The Bertz CT molecular complexity index is 2300. The molecule has 3 heteroatoms. The fourth-order valence-corrected chi connectivity index (χ4v) is 6.84. The fraction of sp³-hybridized carbons (Fsp3) is 0.0714. The summed E-state index contributed by atoms with van der Waals surface area (Å²) in [5.74, 6) is 0.705. The molecular formula is C42H29N3. The first kappa shape index (κ1) is 26.8. The maximum absolute atomic E-state index is 7.65. The van der Waals surface area contributed by atoms with Crippen LogP contribution in [0.2, 0.25) is 0 Å². The lowest BCUT2D eigenvalue weighted by atomic mass is 9.82. The van der Waals surface area contributed by atoms with Gasteiger partial charge >= 0.3 is 0 Å². The van der Waals surface area contributed by atoms with Crippen molar-refractivity contribution in [3.05, 3.63) is 162 Å². The van der Waals surface area contributed by atoms with Gasteiger partial charge in [-0.25, -0.2) is 14.8 Å². The lowest BCUT2D eigenvalue weighted by molar-refractivity contribution is 0.660. The Hall–Kier alpha value is -5.85. The van der Waals surface area contributed by atoms with Crippen LogP contribution in [-0.4, -0.2) is 9.97 Å². The first-order valence-electron chi connectivity index (χ1n) is 15.2. The summed E-state index contributed by atoms with van der Waals surface area (Å²) >= 11 is 0. The number of hydrogen-bond donors (Lipinski definition) is 0. The Kier molecular flexibility index (Phi) is 6.18. The van der Waals surface area contributed by atoms with Gasteiger partial charge in [0.15, 0.2) is 11.5 Å². The number of aromatic nitrogens is 2. The molecule has 0 radical (unpaired) electrons. The van der Waals surface area contributed by atoms with Crippen LogP contribution in [0.3, 0.4) is 0 Å². The van der Waals surface area contributed by atoms with E-state index in [1.54, 1.807) is 0 Å². The molecule has 0 N–H and O–H groups in total. The van der Waals surface area contributed by atoms with Crippen LogP contribution in [-0.2, 0) is 5.41 Å². The van der Waals surface area contributed by atoms with E-state index in [9.17, 15) is 0 Å². The van der Waals surface area contributed by atoms with E-state index in [4.69, 9.17) is 16.5 Å². The number of benzene rings is 6.